The molecule has 0 bridgehead atoms. The molecule has 0 aliphatic heterocycles. The third-order valence-corrected chi connectivity index (χ3v) is 2.41. The summed E-state index contributed by atoms with van der Waals surface area (Å²) in [7, 11) is 1.61. The molecule has 1 aromatic carbocycles. The smallest absolute Gasteiger partial charge is 0.350 e. The maximum Gasteiger partial charge on any atom is 0.350 e. The number of carbonyl (C=O) groups is 1. The van der Waals surface area contributed by atoms with Crippen molar-refractivity contribution >= 4 is 5.78 Å². The second-order valence-corrected chi connectivity index (χ2v) is 3.85. The molecule has 0 fully saturated rings. The SMILES string of the molecule is CC(=O)c1cccc(Oc2ccn(C)c(=O)n2)c1. The summed E-state index contributed by atoms with van der Waals surface area (Å²) in [6.07, 6.45) is 1.57. The maximum absolute atomic E-state index is 11.3. The van der Waals surface area contributed by atoms with Crippen LogP contribution in [0.2, 0.25) is 0 Å². The first-order chi connectivity index (χ1) is 8.56. The number of aromatic nitrogens is 2. The summed E-state index contributed by atoms with van der Waals surface area (Å²) in [5.41, 5.74) is 0.159. The Morgan fingerprint density at radius 3 is 2.78 bits per heavy atom. The van der Waals surface area contributed by atoms with Crippen LogP contribution >= 0.6 is 0 Å². The van der Waals surface area contributed by atoms with Crippen LogP contribution < -0.4 is 10.4 Å². The second kappa shape index (κ2) is 4.83. The summed E-state index contributed by atoms with van der Waals surface area (Å²) >= 11 is 0. The van der Waals surface area contributed by atoms with Gasteiger partial charge in [-0.1, -0.05) is 12.1 Å². The van der Waals surface area contributed by atoms with Crippen molar-refractivity contribution < 1.29 is 9.53 Å². The molecule has 1 heterocycles. The number of ether oxygens (including phenoxy) is 1. The van der Waals surface area contributed by atoms with E-state index >= 15 is 0 Å². The lowest BCUT2D eigenvalue weighted by molar-refractivity contribution is 0.101. The van der Waals surface area contributed by atoms with E-state index in [1.807, 2.05) is 0 Å². The van der Waals surface area contributed by atoms with Gasteiger partial charge < -0.3 is 9.30 Å². The Kier molecular flexibility index (Phi) is 3.23. The van der Waals surface area contributed by atoms with Gasteiger partial charge in [0.2, 0.25) is 5.88 Å². The molecule has 0 N–H and O–H groups in total. The highest BCUT2D eigenvalue weighted by Gasteiger charge is 2.04. The van der Waals surface area contributed by atoms with E-state index in [2.05, 4.69) is 4.98 Å². The number of carbonyl (C=O) groups excluding carboxylic acids is 1. The van der Waals surface area contributed by atoms with Crippen molar-refractivity contribution in [1.29, 1.82) is 0 Å². The van der Waals surface area contributed by atoms with E-state index in [4.69, 9.17) is 4.74 Å². The summed E-state index contributed by atoms with van der Waals surface area (Å²) in [5, 5.41) is 0. The first kappa shape index (κ1) is 12.0. The number of hydrogen-bond acceptors (Lipinski definition) is 4. The molecule has 0 saturated carbocycles. The molecular formula is C13H12N2O3. The molecule has 2 rings (SSSR count). The van der Waals surface area contributed by atoms with Crippen molar-refractivity contribution in [3.63, 3.8) is 0 Å². The van der Waals surface area contributed by atoms with E-state index in [1.165, 1.54) is 11.5 Å². The van der Waals surface area contributed by atoms with Gasteiger partial charge in [0.05, 0.1) is 0 Å². The highest BCUT2D eigenvalue weighted by Crippen LogP contribution is 2.19. The lowest BCUT2D eigenvalue weighted by atomic mass is 10.1. The van der Waals surface area contributed by atoms with Gasteiger partial charge in [-0.3, -0.25) is 4.79 Å². The van der Waals surface area contributed by atoms with Crippen LogP contribution in [0.3, 0.4) is 0 Å². The number of Topliss-reactive ketones (excluding diaryl/α,β-unsaturated/α-hetero) is 1. The topological polar surface area (TPSA) is 61.2 Å². The highest BCUT2D eigenvalue weighted by molar-refractivity contribution is 5.94. The molecule has 2 aromatic rings. The molecule has 0 radical (unpaired) electrons. The summed E-state index contributed by atoms with van der Waals surface area (Å²) in [6.45, 7) is 1.48. The zero-order valence-corrected chi connectivity index (χ0v) is 10.1. The lowest BCUT2D eigenvalue weighted by Crippen LogP contribution is -2.18. The van der Waals surface area contributed by atoms with Crippen molar-refractivity contribution in [1.82, 2.24) is 9.55 Å². The lowest BCUT2D eigenvalue weighted by Gasteiger charge is -2.05. The molecular weight excluding hydrogens is 232 g/mol. The van der Waals surface area contributed by atoms with Gasteiger partial charge in [0.15, 0.2) is 5.78 Å². The Bertz CT molecular complexity index is 647. The van der Waals surface area contributed by atoms with Gasteiger partial charge >= 0.3 is 5.69 Å². The summed E-state index contributed by atoms with van der Waals surface area (Å²) in [6, 6.07) is 8.31. The zero-order chi connectivity index (χ0) is 13.1. The molecule has 0 aliphatic carbocycles. The highest BCUT2D eigenvalue weighted by atomic mass is 16.5. The molecule has 92 valence electrons. The fraction of sp³-hybridized carbons (Fsp3) is 0.154. The Morgan fingerprint density at radius 1 is 1.33 bits per heavy atom. The van der Waals surface area contributed by atoms with Crippen LogP contribution in [0.4, 0.5) is 0 Å². The van der Waals surface area contributed by atoms with Gasteiger partial charge in [-0.05, 0) is 19.1 Å². The predicted octanol–water partition coefficient (Wildman–Crippen LogP) is 1.78. The number of benzene rings is 1. The Labute approximate surface area is 104 Å². The van der Waals surface area contributed by atoms with Gasteiger partial charge in [0.25, 0.3) is 0 Å². The quantitative estimate of drug-likeness (QED) is 0.772. The normalized spacial score (nSPS) is 10.1. The number of ketones is 1. The van der Waals surface area contributed by atoms with Gasteiger partial charge in [0.1, 0.15) is 5.75 Å². The Balaban J connectivity index is 2.28. The molecule has 0 atom stereocenters. The maximum atomic E-state index is 11.3. The van der Waals surface area contributed by atoms with Gasteiger partial charge in [0, 0.05) is 24.9 Å². The van der Waals surface area contributed by atoms with Crippen LogP contribution in [0.15, 0.2) is 41.3 Å². The van der Waals surface area contributed by atoms with E-state index in [0.29, 0.717) is 11.3 Å². The molecule has 0 unspecified atom stereocenters. The third kappa shape index (κ3) is 2.63. The number of rotatable bonds is 3. The minimum atomic E-state index is -0.393. The predicted molar refractivity (Wildman–Crippen MR) is 66.0 cm³/mol. The van der Waals surface area contributed by atoms with Crippen LogP contribution in [0, 0.1) is 0 Å². The fourth-order valence-electron chi connectivity index (χ4n) is 1.41. The van der Waals surface area contributed by atoms with E-state index in [1.54, 1.807) is 43.6 Å². The van der Waals surface area contributed by atoms with Crippen LogP contribution in [-0.4, -0.2) is 15.3 Å². The van der Waals surface area contributed by atoms with Crippen LogP contribution in [0.5, 0.6) is 11.6 Å². The first-order valence-corrected chi connectivity index (χ1v) is 5.39. The van der Waals surface area contributed by atoms with E-state index < -0.39 is 5.69 Å². The van der Waals surface area contributed by atoms with Crippen LogP contribution in [-0.2, 0) is 7.05 Å². The van der Waals surface area contributed by atoms with Crippen LogP contribution in [0.25, 0.3) is 0 Å². The van der Waals surface area contributed by atoms with E-state index in [-0.39, 0.29) is 11.7 Å². The first-order valence-electron chi connectivity index (χ1n) is 5.39. The molecule has 5 nitrogen and oxygen atoms in total. The number of aryl methyl sites for hydroxylation is 1. The standard InChI is InChI=1S/C13H12N2O3/c1-9(16)10-4-3-5-11(8-10)18-12-6-7-15(2)13(17)14-12/h3-8H,1-2H3. The average Bonchev–Trinajstić information content (AvgIpc) is 2.34. The molecule has 18 heavy (non-hydrogen) atoms. The zero-order valence-electron chi connectivity index (χ0n) is 10.1. The second-order valence-electron chi connectivity index (χ2n) is 3.85. The molecule has 0 amide bonds. The van der Waals surface area contributed by atoms with Gasteiger partial charge in [-0.2, -0.15) is 4.98 Å². The minimum Gasteiger partial charge on any atom is -0.439 e. The van der Waals surface area contributed by atoms with Crippen molar-refractivity contribution in [3.8, 4) is 11.6 Å². The largest absolute Gasteiger partial charge is 0.439 e. The summed E-state index contributed by atoms with van der Waals surface area (Å²) in [5.74, 6) is 0.639. The van der Waals surface area contributed by atoms with E-state index in [9.17, 15) is 9.59 Å². The van der Waals surface area contributed by atoms with Crippen molar-refractivity contribution in [2.75, 3.05) is 0 Å². The van der Waals surface area contributed by atoms with Crippen molar-refractivity contribution in [3.05, 3.63) is 52.6 Å². The Hall–Kier alpha value is -2.43. The average molecular weight is 244 g/mol. The Morgan fingerprint density at radius 2 is 2.11 bits per heavy atom. The van der Waals surface area contributed by atoms with Gasteiger partial charge in [-0.25, -0.2) is 4.79 Å². The molecule has 0 aliphatic rings. The van der Waals surface area contributed by atoms with Crippen molar-refractivity contribution in [2.24, 2.45) is 7.05 Å². The monoisotopic (exact) mass is 244 g/mol. The van der Waals surface area contributed by atoms with E-state index in [0.717, 1.165) is 0 Å². The molecule has 0 spiro atoms. The minimum absolute atomic E-state index is 0.0441. The molecule has 0 saturated heterocycles. The summed E-state index contributed by atoms with van der Waals surface area (Å²) in [4.78, 5) is 26.3. The molecule has 1 aromatic heterocycles. The van der Waals surface area contributed by atoms with Crippen molar-refractivity contribution in [2.45, 2.75) is 6.92 Å². The fourth-order valence-corrected chi connectivity index (χ4v) is 1.41. The van der Waals surface area contributed by atoms with Crippen LogP contribution in [0.1, 0.15) is 17.3 Å². The summed E-state index contributed by atoms with van der Waals surface area (Å²) < 4.78 is 6.77. The van der Waals surface area contributed by atoms with Gasteiger partial charge in [-0.15, -0.1) is 0 Å². The number of nitrogens with zero attached hydrogens (tertiary/aromatic N) is 2. The molecule has 5 heteroatoms. The third-order valence-electron chi connectivity index (χ3n) is 2.41. The number of hydrogen-bond donors (Lipinski definition) is 0.